The smallest absolute Gasteiger partial charge is 0.577 e. The summed E-state index contributed by atoms with van der Waals surface area (Å²) in [6.07, 6.45) is 0. The summed E-state index contributed by atoms with van der Waals surface area (Å²) in [6, 6.07) is 16.8. The average molecular weight is 233 g/mol. The van der Waals surface area contributed by atoms with Crippen molar-refractivity contribution in [3.05, 3.63) is 48.5 Å². The molecule has 0 aromatic heterocycles. The van der Waals surface area contributed by atoms with Gasteiger partial charge in [0.15, 0.2) is 0 Å². The molecule has 0 amide bonds. The van der Waals surface area contributed by atoms with Gasteiger partial charge in [0.05, 0.1) is 11.4 Å². The molecule has 0 aliphatic carbocycles. The SMILES string of the molecule is [H+].[PH2-].c1ccc2c(c1)Nc1ccccc1S2. The van der Waals surface area contributed by atoms with Crippen LogP contribution in [-0.2, 0) is 0 Å². The first-order valence-corrected chi connectivity index (χ1v) is 5.38. The second-order valence-electron chi connectivity index (χ2n) is 3.22. The molecule has 3 heteroatoms. The molecule has 1 nitrogen and oxygen atoms in total. The standard InChI is InChI=1S/C12H9NS.H2P/c1-3-7-11-9(5-1)13-10-6-2-4-8-12(10)14-11;/h1-8,13H;1H2/q;-1/p+1. The summed E-state index contributed by atoms with van der Waals surface area (Å²) in [5, 5.41) is 3.42. The molecule has 1 N–H and O–H groups in total. The van der Waals surface area contributed by atoms with Crippen LogP contribution in [0.15, 0.2) is 58.3 Å². The number of anilines is 2. The molecule has 0 fully saturated rings. The molecule has 0 saturated carbocycles. The van der Waals surface area contributed by atoms with E-state index in [-0.39, 0.29) is 11.3 Å². The van der Waals surface area contributed by atoms with E-state index in [0.29, 0.717) is 0 Å². The quantitative estimate of drug-likeness (QED) is 0.580. The fraction of sp³-hybridized carbons (Fsp3) is 0. The van der Waals surface area contributed by atoms with Crippen molar-refractivity contribution in [2.75, 3.05) is 5.32 Å². The van der Waals surface area contributed by atoms with Crippen LogP contribution < -0.4 is 5.32 Å². The van der Waals surface area contributed by atoms with Gasteiger partial charge in [-0.3, -0.25) is 0 Å². The largest absolute Gasteiger partial charge is 1.00 e. The van der Waals surface area contributed by atoms with Crippen LogP contribution in [0.3, 0.4) is 0 Å². The zero-order chi connectivity index (χ0) is 9.38. The predicted octanol–water partition coefficient (Wildman–Crippen LogP) is 4.33. The molecule has 0 bridgehead atoms. The molecule has 0 spiro atoms. The summed E-state index contributed by atoms with van der Waals surface area (Å²) in [7, 11) is 0. The molecule has 2 aromatic carbocycles. The van der Waals surface area contributed by atoms with Crippen molar-refractivity contribution in [2.24, 2.45) is 0 Å². The van der Waals surface area contributed by atoms with Gasteiger partial charge in [-0.1, -0.05) is 36.0 Å². The average Bonchev–Trinajstić information content (AvgIpc) is 2.26. The number of hydrogen-bond acceptors (Lipinski definition) is 2. The summed E-state index contributed by atoms with van der Waals surface area (Å²) in [6.45, 7) is 0. The minimum atomic E-state index is 0. The third kappa shape index (κ3) is 1.88. The molecule has 76 valence electrons. The molecule has 0 unspecified atom stereocenters. The Kier molecular flexibility index (Phi) is 2.99. The van der Waals surface area contributed by atoms with Crippen molar-refractivity contribution in [3.63, 3.8) is 0 Å². The fourth-order valence-electron chi connectivity index (χ4n) is 1.58. The molecule has 3 rings (SSSR count). The maximum absolute atomic E-state index is 3.42. The van der Waals surface area contributed by atoms with E-state index in [4.69, 9.17) is 0 Å². The predicted molar refractivity (Wildman–Crippen MR) is 71.1 cm³/mol. The Hall–Kier alpha value is -0.980. The molecule has 1 heterocycles. The molecule has 0 saturated heterocycles. The summed E-state index contributed by atoms with van der Waals surface area (Å²) in [4.78, 5) is 2.59. The van der Waals surface area contributed by atoms with Crippen molar-refractivity contribution in [3.8, 4) is 0 Å². The Balaban J connectivity index is 0.000000640. The molecule has 0 atom stereocenters. The van der Waals surface area contributed by atoms with Gasteiger partial charge in [-0.25, -0.2) is 0 Å². The Morgan fingerprint density at radius 3 is 1.80 bits per heavy atom. The monoisotopic (exact) mass is 233 g/mol. The first kappa shape index (κ1) is 10.5. The lowest BCUT2D eigenvalue weighted by Crippen LogP contribution is -1.98. The van der Waals surface area contributed by atoms with Crippen LogP contribution in [0.25, 0.3) is 0 Å². The van der Waals surface area contributed by atoms with Gasteiger partial charge in [-0.15, -0.1) is 0 Å². The fourth-order valence-corrected chi connectivity index (χ4v) is 2.57. The lowest BCUT2D eigenvalue weighted by molar-refractivity contribution is 1.32. The van der Waals surface area contributed by atoms with Gasteiger partial charge < -0.3 is 15.2 Å². The van der Waals surface area contributed by atoms with Crippen LogP contribution in [0, 0.1) is 0 Å². The van der Waals surface area contributed by atoms with Crippen molar-refractivity contribution >= 4 is 33.0 Å². The first-order valence-electron chi connectivity index (χ1n) is 4.56. The third-order valence-electron chi connectivity index (χ3n) is 2.26. The minimum absolute atomic E-state index is 0. The Morgan fingerprint density at radius 1 is 0.800 bits per heavy atom. The minimum Gasteiger partial charge on any atom is -0.577 e. The van der Waals surface area contributed by atoms with Gasteiger partial charge in [0, 0.05) is 9.79 Å². The highest BCUT2D eigenvalue weighted by Gasteiger charge is 2.13. The van der Waals surface area contributed by atoms with Crippen molar-refractivity contribution in [1.82, 2.24) is 0 Å². The van der Waals surface area contributed by atoms with Gasteiger partial charge >= 0.3 is 1.43 Å². The van der Waals surface area contributed by atoms with Crippen LogP contribution in [0.1, 0.15) is 1.43 Å². The van der Waals surface area contributed by atoms with Gasteiger partial charge in [-0.05, 0) is 24.3 Å². The van der Waals surface area contributed by atoms with E-state index in [1.807, 2.05) is 11.8 Å². The van der Waals surface area contributed by atoms with Crippen LogP contribution in [0.4, 0.5) is 11.4 Å². The number of benzene rings is 2. The maximum atomic E-state index is 3.42. The van der Waals surface area contributed by atoms with Gasteiger partial charge in [0.25, 0.3) is 0 Å². The lowest BCUT2D eigenvalue weighted by atomic mass is 10.2. The zero-order valence-electron chi connectivity index (χ0n) is 9.10. The van der Waals surface area contributed by atoms with E-state index in [2.05, 4.69) is 53.8 Å². The number of para-hydroxylation sites is 2. The number of nitrogens with one attached hydrogen (secondary N) is 1. The molecular formula is C12H12NPS. The molecule has 15 heavy (non-hydrogen) atoms. The molecular weight excluding hydrogens is 221 g/mol. The molecule has 1 aliphatic heterocycles. The van der Waals surface area contributed by atoms with E-state index < -0.39 is 0 Å². The number of rotatable bonds is 0. The van der Waals surface area contributed by atoms with Gasteiger partial charge in [0.1, 0.15) is 0 Å². The highest BCUT2D eigenvalue weighted by Crippen LogP contribution is 2.43. The van der Waals surface area contributed by atoms with E-state index in [0.717, 1.165) is 0 Å². The topological polar surface area (TPSA) is 12.0 Å². The summed E-state index contributed by atoms with van der Waals surface area (Å²) >= 11 is 1.82. The second-order valence-corrected chi connectivity index (χ2v) is 4.30. The molecule has 0 radical (unpaired) electrons. The molecule has 1 aliphatic rings. The summed E-state index contributed by atoms with van der Waals surface area (Å²) in [5.74, 6) is 0. The Morgan fingerprint density at radius 2 is 1.27 bits per heavy atom. The van der Waals surface area contributed by atoms with E-state index in [9.17, 15) is 0 Å². The third-order valence-corrected chi connectivity index (χ3v) is 3.42. The van der Waals surface area contributed by atoms with Gasteiger partial charge in [-0.2, -0.15) is 0 Å². The highest BCUT2D eigenvalue weighted by molar-refractivity contribution is 7.99. The lowest BCUT2D eigenvalue weighted by Gasteiger charge is -2.19. The highest BCUT2D eigenvalue weighted by atomic mass is 32.2. The van der Waals surface area contributed by atoms with Crippen molar-refractivity contribution in [2.45, 2.75) is 9.79 Å². The maximum Gasteiger partial charge on any atom is 1.00 e. The van der Waals surface area contributed by atoms with Crippen LogP contribution in [0.2, 0.25) is 0 Å². The summed E-state index contributed by atoms with van der Waals surface area (Å²) < 4.78 is 0. The van der Waals surface area contributed by atoms with Crippen LogP contribution in [-0.4, -0.2) is 0 Å². The van der Waals surface area contributed by atoms with Crippen molar-refractivity contribution in [1.29, 1.82) is 0 Å². The molecule has 2 aromatic rings. The van der Waals surface area contributed by atoms with E-state index in [1.165, 1.54) is 21.2 Å². The Bertz CT molecular complexity index is 402. The van der Waals surface area contributed by atoms with Gasteiger partial charge in [0.2, 0.25) is 0 Å². The van der Waals surface area contributed by atoms with Crippen molar-refractivity contribution < 1.29 is 1.43 Å². The second kappa shape index (κ2) is 4.26. The van der Waals surface area contributed by atoms with Crippen LogP contribution >= 0.6 is 21.7 Å². The first-order chi connectivity index (χ1) is 6.93. The van der Waals surface area contributed by atoms with E-state index >= 15 is 0 Å². The Labute approximate surface area is 98.4 Å². The summed E-state index contributed by atoms with van der Waals surface area (Å²) in [5.41, 5.74) is 2.41. The van der Waals surface area contributed by atoms with E-state index in [1.54, 1.807) is 0 Å². The normalized spacial score (nSPS) is 11.7. The number of hydrogen-bond donors (Lipinski definition) is 1. The zero-order valence-corrected chi connectivity index (χ0v) is 10.1. The van der Waals surface area contributed by atoms with Crippen LogP contribution in [0.5, 0.6) is 0 Å². The number of fused-ring (bicyclic) bond motifs is 2.